The number of amides is 1. The molecule has 1 N–H and O–H groups in total. The van der Waals surface area contributed by atoms with Gasteiger partial charge in [-0.1, -0.05) is 12.1 Å². The number of carbonyl (C=O) groups is 1. The SMILES string of the molecule is CCc1nc([C@@H]2CCCN2C(=O)c2cnc3n[nH]c(C)c3c2)no1. The Hall–Kier alpha value is -2.77. The molecule has 3 aromatic rings. The maximum absolute atomic E-state index is 13.0. The van der Waals surface area contributed by atoms with Gasteiger partial charge in [-0.3, -0.25) is 9.89 Å². The molecule has 124 valence electrons. The van der Waals surface area contributed by atoms with Gasteiger partial charge in [-0.15, -0.1) is 0 Å². The molecule has 1 aliphatic heterocycles. The first kappa shape index (κ1) is 14.8. The molecule has 1 fully saturated rings. The van der Waals surface area contributed by atoms with Crippen molar-refractivity contribution in [1.82, 2.24) is 30.2 Å². The Kier molecular flexibility index (Phi) is 3.51. The fourth-order valence-corrected chi connectivity index (χ4v) is 3.13. The van der Waals surface area contributed by atoms with E-state index in [1.54, 1.807) is 6.20 Å². The molecule has 0 radical (unpaired) electrons. The third kappa shape index (κ3) is 2.34. The molecular weight excluding hydrogens is 308 g/mol. The highest BCUT2D eigenvalue weighted by molar-refractivity contribution is 5.97. The Bertz CT molecular complexity index is 899. The molecular formula is C16H18N6O2. The van der Waals surface area contributed by atoms with Crippen LogP contribution in [0.15, 0.2) is 16.8 Å². The molecule has 4 rings (SSSR count). The molecule has 0 unspecified atom stereocenters. The molecule has 1 amide bonds. The first-order valence-corrected chi connectivity index (χ1v) is 8.11. The van der Waals surface area contributed by atoms with Gasteiger partial charge < -0.3 is 9.42 Å². The van der Waals surface area contributed by atoms with Crippen molar-refractivity contribution in [2.75, 3.05) is 6.54 Å². The van der Waals surface area contributed by atoms with Gasteiger partial charge in [-0.25, -0.2) is 4.98 Å². The molecule has 1 aliphatic rings. The summed E-state index contributed by atoms with van der Waals surface area (Å²) in [5.74, 6) is 1.13. The lowest BCUT2D eigenvalue weighted by Crippen LogP contribution is -2.31. The third-order valence-electron chi connectivity index (χ3n) is 4.45. The van der Waals surface area contributed by atoms with Gasteiger partial charge in [0.05, 0.1) is 11.6 Å². The van der Waals surface area contributed by atoms with Gasteiger partial charge in [0.25, 0.3) is 5.91 Å². The second-order valence-electron chi connectivity index (χ2n) is 6.00. The monoisotopic (exact) mass is 326 g/mol. The van der Waals surface area contributed by atoms with Crippen LogP contribution in [0.25, 0.3) is 11.0 Å². The normalized spacial score (nSPS) is 17.8. The van der Waals surface area contributed by atoms with Crippen molar-refractivity contribution in [3.63, 3.8) is 0 Å². The number of hydrogen-bond donors (Lipinski definition) is 1. The molecule has 1 saturated heterocycles. The van der Waals surface area contributed by atoms with Gasteiger partial charge in [0.1, 0.15) is 0 Å². The van der Waals surface area contributed by atoms with E-state index in [9.17, 15) is 4.79 Å². The second kappa shape index (κ2) is 5.70. The van der Waals surface area contributed by atoms with Gasteiger partial charge in [0.2, 0.25) is 5.89 Å². The molecule has 4 heterocycles. The van der Waals surface area contributed by atoms with Crippen molar-refractivity contribution >= 4 is 16.9 Å². The molecule has 3 aromatic heterocycles. The van der Waals surface area contributed by atoms with Crippen LogP contribution < -0.4 is 0 Å². The van der Waals surface area contributed by atoms with Crippen molar-refractivity contribution < 1.29 is 9.32 Å². The van der Waals surface area contributed by atoms with Crippen LogP contribution in [0.3, 0.4) is 0 Å². The number of aromatic nitrogens is 5. The Labute approximate surface area is 138 Å². The van der Waals surface area contributed by atoms with Gasteiger partial charge in [-0.05, 0) is 25.8 Å². The summed E-state index contributed by atoms with van der Waals surface area (Å²) in [6, 6.07) is 1.70. The Morgan fingerprint density at radius 2 is 2.38 bits per heavy atom. The zero-order chi connectivity index (χ0) is 16.7. The lowest BCUT2D eigenvalue weighted by atomic mass is 10.1. The summed E-state index contributed by atoms with van der Waals surface area (Å²) in [5.41, 5.74) is 2.07. The lowest BCUT2D eigenvalue weighted by Gasteiger charge is -2.22. The van der Waals surface area contributed by atoms with E-state index in [2.05, 4.69) is 25.3 Å². The Morgan fingerprint density at radius 1 is 1.50 bits per heavy atom. The number of likely N-dealkylation sites (tertiary alicyclic amines) is 1. The largest absolute Gasteiger partial charge is 0.339 e. The standard InChI is InChI=1S/C16H18N6O2/c1-3-13-18-15(21-24-13)12-5-4-6-22(12)16(23)10-7-11-9(2)19-20-14(11)17-8-10/h7-8,12H,3-6H2,1-2H3,(H,17,19,20)/t12-/m0/s1. The minimum absolute atomic E-state index is 0.0599. The van der Waals surface area contributed by atoms with Crippen LogP contribution in [0.5, 0.6) is 0 Å². The van der Waals surface area contributed by atoms with Crippen LogP contribution >= 0.6 is 0 Å². The minimum Gasteiger partial charge on any atom is -0.339 e. The number of rotatable bonds is 3. The summed E-state index contributed by atoms with van der Waals surface area (Å²) in [4.78, 5) is 23.4. The molecule has 0 aliphatic carbocycles. The van der Waals surface area contributed by atoms with E-state index < -0.39 is 0 Å². The van der Waals surface area contributed by atoms with E-state index in [4.69, 9.17) is 4.52 Å². The van der Waals surface area contributed by atoms with Crippen molar-refractivity contribution in [2.24, 2.45) is 0 Å². The third-order valence-corrected chi connectivity index (χ3v) is 4.45. The fraction of sp³-hybridized carbons (Fsp3) is 0.438. The molecule has 0 spiro atoms. The number of nitrogens with zero attached hydrogens (tertiary/aromatic N) is 5. The first-order chi connectivity index (χ1) is 11.7. The average molecular weight is 326 g/mol. The van der Waals surface area contributed by atoms with Crippen LogP contribution in [0.1, 0.15) is 53.6 Å². The average Bonchev–Trinajstić information content (AvgIpc) is 3.33. The molecule has 0 aromatic carbocycles. The van der Waals surface area contributed by atoms with Crippen LogP contribution in [0.2, 0.25) is 0 Å². The Morgan fingerprint density at radius 3 is 3.17 bits per heavy atom. The quantitative estimate of drug-likeness (QED) is 0.791. The number of H-pyrrole nitrogens is 1. The number of carbonyl (C=O) groups excluding carboxylic acids is 1. The highest BCUT2D eigenvalue weighted by atomic mass is 16.5. The summed E-state index contributed by atoms with van der Waals surface area (Å²) in [7, 11) is 0. The van der Waals surface area contributed by atoms with Crippen molar-refractivity contribution in [1.29, 1.82) is 0 Å². The number of aromatic amines is 1. The van der Waals surface area contributed by atoms with Crippen molar-refractivity contribution in [3.8, 4) is 0 Å². The maximum Gasteiger partial charge on any atom is 0.256 e. The van der Waals surface area contributed by atoms with E-state index in [1.165, 1.54) is 0 Å². The second-order valence-corrected chi connectivity index (χ2v) is 6.00. The van der Waals surface area contributed by atoms with E-state index in [1.807, 2.05) is 24.8 Å². The van der Waals surface area contributed by atoms with E-state index in [0.717, 1.165) is 23.9 Å². The molecule has 24 heavy (non-hydrogen) atoms. The summed E-state index contributed by atoms with van der Waals surface area (Å²) in [6.45, 7) is 4.56. The lowest BCUT2D eigenvalue weighted by molar-refractivity contribution is 0.0728. The van der Waals surface area contributed by atoms with Gasteiger partial charge >= 0.3 is 0 Å². The van der Waals surface area contributed by atoms with Crippen molar-refractivity contribution in [2.45, 2.75) is 39.2 Å². The number of aryl methyl sites for hydroxylation is 2. The van der Waals surface area contributed by atoms with Gasteiger partial charge in [-0.2, -0.15) is 10.1 Å². The molecule has 8 nitrogen and oxygen atoms in total. The van der Waals surface area contributed by atoms with E-state index in [0.29, 0.717) is 35.9 Å². The van der Waals surface area contributed by atoms with Crippen LogP contribution in [-0.4, -0.2) is 42.7 Å². The summed E-state index contributed by atoms with van der Waals surface area (Å²) in [6.07, 6.45) is 4.03. The van der Waals surface area contributed by atoms with Crippen LogP contribution in [0.4, 0.5) is 0 Å². The summed E-state index contributed by atoms with van der Waals surface area (Å²) >= 11 is 0. The smallest absolute Gasteiger partial charge is 0.256 e. The number of fused-ring (bicyclic) bond motifs is 1. The first-order valence-electron chi connectivity index (χ1n) is 8.11. The van der Waals surface area contributed by atoms with Crippen molar-refractivity contribution in [3.05, 3.63) is 35.2 Å². The minimum atomic E-state index is -0.136. The molecule has 1 atom stereocenters. The maximum atomic E-state index is 13.0. The predicted molar refractivity (Wildman–Crippen MR) is 85.3 cm³/mol. The highest BCUT2D eigenvalue weighted by Gasteiger charge is 2.34. The van der Waals surface area contributed by atoms with Gasteiger partial charge in [0, 0.05) is 30.2 Å². The zero-order valence-electron chi connectivity index (χ0n) is 13.6. The Balaban J connectivity index is 1.65. The summed E-state index contributed by atoms with van der Waals surface area (Å²) in [5, 5.41) is 11.9. The molecule has 0 saturated carbocycles. The van der Waals surface area contributed by atoms with E-state index in [-0.39, 0.29) is 11.9 Å². The zero-order valence-corrected chi connectivity index (χ0v) is 13.6. The van der Waals surface area contributed by atoms with Crippen LogP contribution in [-0.2, 0) is 6.42 Å². The molecule has 8 heteroatoms. The number of hydrogen-bond acceptors (Lipinski definition) is 6. The number of pyridine rings is 1. The fourth-order valence-electron chi connectivity index (χ4n) is 3.13. The van der Waals surface area contributed by atoms with Crippen LogP contribution in [0, 0.1) is 6.92 Å². The van der Waals surface area contributed by atoms with E-state index >= 15 is 0 Å². The topological polar surface area (TPSA) is 101 Å². The number of nitrogens with one attached hydrogen (secondary N) is 1. The van der Waals surface area contributed by atoms with Gasteiger partial charge in [0.15, 0.2) is 11.5 Å². The predicted octanol–water partition coefficient (Wildman–Crippen LogP) is 2.19. The molecule has 0 bridgehead atoms. The highest BCUT2D eigenvalue weighted by Crippen LogP contribution is 2.31. The summed E-state index contributed by atoms with van der Waals surface area (Å²) < 4.78 is 5.20.